The molecule has 2 N–H and O–H groups in total. The van der Waals surface area contributed by atoms with Crippen LogP contribution in [-0.2, 0) is 4.74 Å². The van der Waals surface area contributed by atoms with Crippen LogP contribution in [0.5, 0.6) is 0 Å². The fourth-order valence-corrected chi connectivity index (χ4v) is 2.40. The van der Waals surface area contributed by atoms with Gasteiger partial charge in [-0.15, -0.1) is 0 Å². The average molecular weight is 212 g/mol. The molecule has 0 unspecified atom stereocenters. The Balaban J connectivity index is 1.62. The second-order valence-electron chi connectivity index (χ2n) is 5.14. The van der Waals surface area contributed by atoms with Crippen LogP contribution in [0.3, 0.4) is 0 Å². The van der Waals surface area contributed by atoms with Gasteiger partial charge in [0.05, 0.1) is 12.2 Å². The lowest BCUT2D eigenvalue weighted by Gasteiger charge is -2.42. The Labute approximate surface area is 93.0 Å². The van der Waals surface area contributed by atoms with Crippen molar-refractivity contribution in [1.29, 1.82) is 0 Å². The second kappa shape index (κ2) is 4.81. The van der Waals surface area contributed by atoms with E-state index >= 15 is 0 Å². The van der Waals surface area contributed by atoms with Crippen LogP contribution >= 0.6 is 0 Å². The van der Waals surface area contributed by atoms with Gasteiger partial charge in [-0.1, -0.05) is 0 Å². The van der Waals surface area contributed by atoms with Gasteiger partial charge in [0.2, 0.25) is 0 Å². The lowest BCUT2D eigenvalue weighted by molar-refractivity contribution is -0.106. The molecule has 0 aliphatic heterocycles. The van der Waals surface area contributed by atoms with E-state index in [1.807, 2.05) is 0 Å². The van der Waals surface area contributed by atoms with E-state index in [0.717, 1.165) is 32.2 Å². The first kappa shape index (κ1) is 11.4. The van der Waals surface area contributed by atoms with Crippen LogP contribution in [0.1, 0.15) is 38.5 Å². The molecule has 2 aliphatic carbocycles. The summed E-state index contributed by atoms with van der Waals surface area (Å²) >= 11 is 0. The Hall–Kier alpha value is -0.120. The molecule has 0 atom stereocenters. The van der Waals surface area contributed by atoms with Gasteiger partial charge in [-0.05, 0) is 52.1 Å². The van der Waals surface area contributed by atoms with Gasteiger partial charge >= 0.3 is 0 Å². The molecular formula is C12H24N2O. The van der Waals surface area contributed by atoms with Crippen molar-refractivity contribution in [2.75, 3.05) is 26.7 Å². The van der Waals surface area contributed by atoms with Crippen molar-refractivity contribution >= 4 is 0 Å². The summed E-state index contributed by atoms with van der Waals surface area (Å²) in [5, 5.41) is 0. The van der Waals surface area contributed by atoms with Gasteiger partial charge in [0.15, 0.2) is 0 Å². The third kappa shape index (κ3) is 2.92. The Kier molecular flexibility index (Phi) is 3.65. The number of nitrogens with two attached hydrogens (primary N) is 1. The molecule has 0 aromatic carbocycles. The van der Waals surface area contributed by atoms with E-state index in [0.29, 0.717) is 0 Å². The molecular weight excluding hydrogens is 188 g/mol. The Bertz CT molecular complexity index is 200. The molecule has 0 heterocycles. The second-order valence-corrected chi connectivity index (χ2v) is 5.14. The van der Waals surface area contributed by atoms with Crippen LogP contribution in [0.25, 0.3) is 0 Å². The van der Waals surface area contributed by atoms with Gasteiger partial charge in [0, 0.05) is 12.6 Å². The smallest absolute Gasteiger partial charge is 0.0695 e. The molecule has 2 aliphatic rings. The van der Waals surface area contributed by atoms with Crippen LogP contribution < -0.4 is 5.73 Å². The summed E-state index contributed by atoms with van der Waals surface area (Å²) < 4.78 is 6.03. The topological polar surface area (TPSA) is 38.5 Å². The van der Waals surface area contributed by atoms with E-state index in [1.165, 1.54) is 32.1 Å². The van der Waals surface area contributed by atoms with E-state index < -0.39 is 0 Å². The summed E-state index contributed by atoms with van der Waals surface area (Å²) in [7, 11) is 2.21. The van der Waals surface area contributed by atoms with E-state index in [9.17, 15) is 0 Å². The highest BCUT2D eigenvalue weighted by Crippen LogP contribution is 2.38. The van der Waals surface area contributed by atoms with Gasteiger partial charge in [-0.2, -0.15) is 0 Å². The van der Waals surface area contributed by atoms with Gasteiger partial charge in [-0.25, -0.2) is 0 Å². The van der Waals surface area contributed by atoms with Crippen LogP contribution in [0.4, 0.5) is 0 Å². The maximum atomic E-state index is 6.03. The van der Waals surface area contributed by atoms with E-state index in [2.05, 4.69) is 11.9 Å². The number of hydrogen-bond donors (Lipinski definition) is 1. The zero-order valence-electron chi connectivity index (χ0n) is 9.87. The minimum absolute atomic E-state index is 0.166. The molecule has 0 amide bonds. The first-order valence-corrected chi connectivity index (χ1v) is 6.30. The number of likely N-dealkylation sites (N-methyl/N-ethyl adjacent to an activating group) is 1. The zero-order chi connectivity index (χ0) is 10.7. The SMILES string of the molecule is CN(CCOC1(CCN)CCC1)C1CC1. The first-order chi connectivity index (χ1) is 7.26. The molecule has 0 aromatic heterocycles. The molecule has 3 heteroatoms. The summed E-state index contributed by atoms with van der Waals surface area (Å²) in [6.07, 6.45) is 7.56. The highest BCUT2D eigenvalue weighted by Gasteiger charge is 2.37. The van der Waals surface area contributed by atoms with Crippen molar-refractivity contribution in [1.82, 2.24) is 4.90 Å². The maximum Gasteiger partial charge on any atom is 0.0695 e. The van der Waals surface area contributed by atoms with E-state index in [1.54, 1.807) is 0 Å². The predicted molar refractivity (Wildman–Crippen MR) is 61.9 cm³/mol. The molecule has 0 spiro atoms. The first-order valence-electron chi connectivity index (χ1n) is 6.30. The van der Waals surface area contributed by atoms with Crippen molar-refractivity contribution in [3.63, 3.8) is 0 Å². The summed E-state index contributed by atoms with van der Waals surface area (Å²) in [5.41, 5.74) is 5.79. The molecule has 2 fully saturated rings. The van der Waals surface area contributed by atoms with Gasteiger partial charge in [-0.3, -0.25) is 0 Å². The minimum atomic E-state index is 0.166. The Morgan fingerprint density at radius 3 is 2.60 bits per heavy atom. The monoisotopic (exact) mass is 212 g/mol. The average Bonchev–Trinajstić information content (AvgIpc) is 2.96. The standard InChI is InChI=1S/C12H24N2O/c1-14(11-3-4-11)9-10-15-12(7-8-13)5-2-6-12/h11H,2-10,13H2,1H3. The van der Waals surface area contributed by atoms with Crippen LogP contribution in [0.15, 0.2) is 0 Å². The van der Waals surface area contributed by atoms with E-state index in [-0.39, 0.29) is 5.60 Å². The highest BCUT2D eigenvalue weighted by molar-refractivity contribution is 4.90. The number of hydrogen-bond acceptors (Lipinski definition) is 3. The molecule has 2 saturated carbocycles. The quantitative estimate of drug-likeness (QED) is 0.692. The third-order valence-electron chi connectivity index (χ3n) is 3.89. The van der Waals surface area contributed by atoms with E-state index in [4.69, 9.17) is 10.5 Å². The van der Waals surface area contributed by atoms with Crippen molar-refractivity contribution in [3.05, 3.63) is 0 Å². The highest BCUT2D eigenvalue weighted by atomic mass is 16.5. The fraction of sp³-hybridized carbons (Fsp3) is 1.00. The number of rotatable bonds is 7. The molecule has 15 heavy (non-hydrogen) atoms. The lowest BCUT2D eigenvalue weighted by Crippen LogP contribution is -2.43. The fourth-order valence-electron chi connectivity index (χ4n) is 2.40. The van der Waals surface area contributed by atoms with Crippen molar-refractivity contribution < 1.29 is 4.74 Å². The summed E-state index contributed by atoms with van der Waals surface area (Å²) in [6, 6.07) is 0.848. The maximum absolute atomic E-state index is 6.03. The predicted octanol–water partition coefficient (Wildman–Crippen LogP) is 1.37. The van der Waals surface area contributed by atoms with Gasteiger partial charge in [0.1, 0.15) is 0 Å². The van der Waals surface area contributed by atoms with Crippen molar-refractivity contribution in [3.8, 4) is 0 Å². The molecule has 3 nitrogen and oxygen atoms in total. The van der Waals surface area contributed by atoms with Gasteiger partial charge in [0.25, 0.3) is 0 Å². The lowest BCUT2D eigenvalue weighted by atomic mass is 9.77. The van der Waals surface area contributed by atoms with Gasteiger partial charge < -0.3 is 15.4 Å². The summed E-state index contributed by atoms with van der Waals surface area (Å²) in [6.45, 7) is 2.72. The number of ether oxygens (including phenoxy) is 1. The van der Waals surface area contributed by atoms with Crippen LogP contribution in [0.2, 0.25) is 0 Å². The third-order valence-corrected chi connectivity index (χ3v) is 3.89. The minimum Gasteiger partial charge on any atom is -0.374 e. The van der Waals surface area contributed by atoms with Crippen molar-refractivity contribution in [2.24, 2.45) is 5.73 Å². The summed E-state index contributed by atoms with van der Waals surface area (Å²) in [4.78, 5) is 2.43. The molecule has 0 saturated heterocycles. The Morgan fingerprint density at radius 2 is 2.13 bits per heavy atom. The molecule has 0 aromatic rings. The van der Waals surface area contributed by atoms with Crippen LogP contribution in [0, 0.1) is 0 Å². The van der Waals surface area contributed by atoms with Crippen LogP contribution in [-0.4, -0.2) is 43.3 Å². The molecule has 0 bridgehead atoms. The molecule has 0 radical (unpaired) electrons. The summed E-state index contributed by atoms with van der Waals surface area (Å²) in [5.74, 6) is 0. The normalized spacial score (nSPS) is 24.2. The molecule has 2 rings (SSSR count). The van der Waals surface area contributed by atoms with Crippen molar-refractivity contribution in [2.45, 2.75) is 50.2 Å². The largest absolute Gasteiger partial charge is 0.374 e. The molecule has 88 valence electrons. The Morgan fingerprint density at radius 1 is 1.40 bits per heavy atom. The number of nitrogens with zero attached hydrogens (tertiary/aromatic N) is 1. The zero-order valence-corrected chi connectivity index (χ0v) is 9.87.